The standard InChI is InChI=1S/C28H19FN6O5S2/c1-16-23(42-27(30-16)31-24(36)17-11-13-19(29)14-12-17)25(37)32-33-28-34(20-8-3-2-4-9-20)26(38)22(41-28)15-18-7-5-6-10-21(18)35(39)40/h2-15H,1H3,(H,32,37)(H,30,31,36)/b22-15+,33-28+. The number of aromatic nitrogens is 1. The molecule has 1 saturated heterocycles. The van der Waals surface area contributed by atoms with Crippen LogP contribution >= 0.6 is 23.1 Å². The second kappa shape index (κ2) is 12.1. The molecule has 11 nitrogen and oxygen atoms in total. The van der Waals surface area contributed by atoms with Crippen LogP contribution in [0.2, 0.25) is 0 Å². The smallest absolute Gasteiger partial charge is 0.283 e. The minimum Gasteiger partial charge on any atom is -0.298 e. The first-order valence-corrected chi connectivity index (χ1v) is 13.8. The summed E-state index contributed by atoms with van der Waals surface area (Å²) in [6.45, 7) is 1.59. The van der Waals surface area contributed by atoms with Crippen molar-refractivity contribution in [1.82, 2.24) is 10.4 Å². The number of para-hydroxylation sites is 2. The van der Waals surface area contributed by atoms with Gasteiger partial charge in [0, 0.05) is 11.6 Å². The summed E-state index contributed by atoms with van der Waals surface area (Å²) < 4.78 is 13.2. The van der Waals surface area contributed by atoms with Crippen LogP contribution in [-0.2, 0) is 4.79 Å². The average Bonchev–Trinajstić information content (AvgIpc) is 3.50. The molecule has 210 valence electrons. The van der Waals surface area contributed by atoms with Gasteiger partial charge in [0.05, 0.1) is 26.8 Å². The monoisotopic (exact) mass is 602 g/mol. The van der Waals surface area contributed by atoms with Gasteiger partial charge in [0.25, 0.3) is 23.4 Å². The van der Waals surface area contributed by atoms with Gasteiger partial charge in [-0.1, -0.05) is 41.7 Å². The highest BCUT2D eigenvalue weighted by Crippen LogP contribution is 2.37. The quantitative estimate of drug-likeness (QED) is 0.160. The van der Waals surface area contributed by atoms with Gasteiger partial charge in [-0.2, -0.15) is 0 Å². The third-order valence-corrected chi connectivity index (χ3v) is 7.86. The first-order valence-electron chi connectivity index (χ1n) is 12.2. The molecule has 1 aromatic heterocycles. The van der Waals surface area contributed by atoms with Crippen LogP contribution in [-0.4, -0.2) is 32.8 Å². The highest BCUT2D eigenvalue weighted by molar-refractivity contribution is 8.19. The lowest BCUT2D eigenvalue weighted by molar-refractivity contribution is -0.385. The van der Waals surface area contributed by atoms with Gasteiger partial charge in [-0.05, 0) is 67.2 Å². The van der Waals surface area contributed by atoms with Gasteiger partial charge in [-0.3, -0.25) is 34.7 Å². The molecule has 3 aromatic carbocycles. The Bertz CT molecular complexity index is 1770. The van der Waals surface area contributed by atoms with E-state index < -0.39 is 28.5 Å². The van der Waals surface area contributed by atoms with Gasteiger partial charge >= 0.3 is 0 Å². The van der Waals surface area contributed by atoms with Gasteiger partial charge in [0.15, 0.2) is 10.3 Å². The molecule has 0 atom stereocenters. The number of hydrogen-bond donors (Lipinski definition) is 2. The number of nitro benzene ring substituents is 1. The fourth-order valence-electron chi connectivity index (χ4n) is 3.85. The number of hydrazone groups is 1. The van der Waals surface area contributed by atoms with Crippen molar-refractivity contribution in [3.8, 4) is 0 Å². The third kappa shape index (κ3) is 6.09. The number of rotatable bonds is 7. The lowest BCUT2D eigenvalue weighted by atomic mass is 10.1. The van der Waals surface area contributed by atoms with E-state index in [1.165, 1.54) is 41.3 Å². The fourth-order valence-corrected chi connectivity index (χ4v) is 5.63. The fraction of sp³-hybridized carbons (Fsp3) is 0.0357. The maximum atomic E-state index is 13.4. The van der Waals surface area contributed by atoms with Gasteiger partial charge in [-0.15, -0.1) is 5.10 Å². The Labute approximate surface area is 245 Å². The number of halogens is 1. The van der Waals surface area contributed by atoms with Crippen molar-refractivity contribution in [2.75, 3.05) is 10.2 Å². The molecular weight excluding hydrogens is 583 g/mol. The van der Waals surface area contributed by atoms with E-state index in [1.54, 1.807) is 43.3 Å². The highest BCUT2D eigenvalue weighted by atomic mass is 32.2. The van der Waals surface area contributed by atoms with Gasteiger partial charge in [-0.25, -0.2) is 14.8 Å². The van der Waals surface area contributed by atoms with Crippen molar-refractivity contribution in [3.05, 3.63) is 121 Å². The molecule has 4 aromatic rings. The summed E-state index contributed by atoms with van der Waals surface area (Å²) in [4.78, 5) is 55.7. The SMILES string of the molecule is Cc1nc(NC(=O)c2ccc(F)cc2)sc1C(=O)N/N=C1/S/C(=C/c2ccccc2[N+](=O)[O-])C(=O)N1c1ccccc1. The Kier molecular flexibility index (Phi) is 8.17. The molecule has 0 aliphatic carbocycles. The zero-order chi connectivity index (χ0) is 29.8. The summed E-state index contributed by atoms with van der Waals surface area (Å²) in [5, 5.41) is 18.5. The van der Waals surface area contributed by atoms with Crippen molar-refractivity contribution < 1.29 is 23.7 Å². The number of carbonyl (C=O) groups excluding carboxylic acids is 3. The van der Waals surface area contributed by atoms with Crippen molar-refractivity contribution >= 4 is 68.6 Å². The average molecular weight is 603 g/mol. The minimum absolute atomic E-state index is 0.122. The van der Waals surface area contributed by atoms with Crippen LogP contribution in [0, 0.1) is 22.9 Å². The normalized spacial score (nSPS) is 14.8. The zero-order valence-corrected chi connectivity index (χ0v) is 23.2. The lowest BCUT2D eigenvalue weighted by Gasteiger charge is -2.15. The molecule has 0 spiro atoms. The zero-order valence-electron chi connectivity index (χ0n) is 21.6. The summed E-state index contributed by atoms with van der Waals surface area (Å²) in [5.74, 6) is -2.10. The van der Waals surface area contributed by atoms with Crippen LogP contribution in [0.25, 0.3) is 6.08 Å². The largest absolute Gasteiger partial charge is 0.298 e. The molecular formula is C28H19FN6O5S2. The molecule has 2 heterocycles. The van der Waals surface area contributed by atoms with Crippen LogP contribution in [0.4, 0.5) is 20.9 Å². The van der Waals surface area contributed by atoms with E-state index >= 15 is 0 Å². The van der Waals surface area contributed by atoms with E-state index in [0.29, 0.717) is 11.4 Å². The Morgan fingerprint density at radius 2 is 1.71 bits per heavy atom. The Hall–Kier alpha value is -5.21. The van der Waals surface area contributed by atoms with E-state index in [4.69, 9.17) is 0 Å². The van der Waals surface area contributed by atoms with Gasteiger partial charge in [0.2, 0.25) is 0 Å². The number of thioether (sulfide) groups is 1. The molecule has 0 radical (unpaired) electrons. The summed E-state index contributed by atoms with van der Waals surface area (Å²) in [5.41, 5.74) is 3.55. The summed E-state index contributed by atoms with van der Waals surface area (Å²) in [6.07, 6.45) is 1.41. The summed E-state index contributed by atoms with van der Waals surface area (Å²) >= 11 is 1.86. The molecule has 5 rings (SSSR count). The van der Waals surface area contributed by atoms with Gasteiger partial charge < -0.3 is 0 Å². The molecule has 0 unspecified atom stereocenters. The van der Waals surface area contributed by atoms with Crippen molar-refractivity contribution in [2.24, 2.45) is 5.10 Å². The first kappa shape index (κ1) is 28.3. The molecule has 3 amide bonds. The number of benzene rings is 3. The van der Waals surface area contributed by atoms with Crippen molar-refractivity contribution in [1.29, 1.82) is 0 Å². The molecule has 42 heavy (non-hydrogen) atoms. The Morgan fingerprint density at radius 3 is 2.43 bits per heavy atom. The molecule has 1 aliphatic heterocycles. The van der Waals surface area contributed by atoms with Crippen LogP contribution in [0.15, 0.2) is 88.9 Å². The third-order valence-electron chi connectivity index (χ3n) is 5.82. The second-order valence-electron chi connectivity index (χ2n) is 8.63. The van der Waals surface area contributed by atoms with Crippen molar-refractivity contribution in [3.63, 3.8) is 0 Å². The number of amidine groups is 1. The molecule has 0 saturated carbocycles. The molecule has 1 aliphatic rings. The number of nitro groups is 1. The van der Waals surface area contributed by atoms with Crippen molar-refractivity contribution in [2.45, 2.75) is 6.92 Å². The van der Waals surface area contributed by atoms with Gasteiger partial charge in [0.1, 0.15) is 10.7 Å². The predicted molar refractivity (Wildman–Crippen MR) is 159 cm³/mol. The Morgan fingerprint density at radius 1 is 1.02 bits per heavy atom. The van der Waals surface area contributed by atoms with Crippen LogP contribution in [0.1, 0.15) is 31.3 Å². The van der Waals surface area contributed by atoms with E-state index in [9.17, 15) is 28.9 Å². The van der Waals surface area contributed by atoms with E-state index in [1.807, 2.05) is 0 Å². The number of anilines is 2. The van der Waals surface area contributed by atoms with E-state index in [2.05, 4.69) is 20.8 Å². The number of carbonyl (C=O) groups is 3. The maximum Gasteiger partial charge on any atom is 0.283 e. The topological polar surface area (TPSA) is 147 Å². The number of hydrogen-bond acceptors (Lipinski definition) is 9. The number of nitrogens with zero attached hydrogens (tertiary/aromatic N) is 4. The van der Waals surface area contributed by atoms with E-state index in [-0.39, 0.29) is 36.9 Å². The molecule has 1 fully saturated rings. The van der Waals surface area contributed by atoms with Crippen LogP contribution < -0.4 is 15.6 Å². The lowest BCUT2D eigenvalue weighted by Crippen LogP contribution is -2.31. The van der Waals surface area contributed by atoms with E-state index in [0.717, 1.165) is 35.2 Å². The second-order valence-corrected chi connectivity index (χ2v) is 10.6. The van der Waals surface area contributed by atoms with Crippen LogP contribution in [0.3, 0.4) is 0 Å². The molecule has 14 heteroatoms. The predicted octanol–water partition coefficient (Wildman–Crippen LogP) is 5.57. The Balaban J connectivity index is 1.39. The summed E-state index contributed by atoms with van der Waals surface area (Å²) in [7, 11) is 0. The minimum atomic E-state index is -0.628. The van der Waals surface area contributed by atoms with Crippen LogP contribution in [0.5, 0.6) is 0 Å². The maximum absolute atomic E-state index is 13.4. The number of aryl methyl sites for hydroxylation is 1. The highest BCUT2D eigenvalue weighted by Gasteiger charge is 2.35. The number of amides is 3. The number of thiazole rings is 1. The number of nitrogens with one attached hydrogen (secondary N) is 2. The molecule has 0 bridgehead atoms. The summed E-state index contributed by atoms with van der Waals surface area (Å²) in [6, 6.07) is 19.6. The molecule has 2 N–H and O–H groups in total. The first-order chi connectivity index (χ1) is 20.2.